The third-order valence-corrected chi connectivity index (χ3v) is 5.56. The van der Waals surface area contributed by atoms with Crippen LogP contribution in [-0.4, -0.2) is 29.3 Å². The third-order valence-electron chi connectivity index (χ3n) is 5.56. The third kappa shape index (κ3) is 2.95. The van der Waals surface area contributed by atoms with Gasteiger partial charge in [-0.15, -0.1) is 0 Å². The van der Waals surface area contributed by atoms with Crippen molar-refractivity contribution in [3.63, 3.8) is 0 Å². The van der Waals surface area contributed by atoms with E-state index < -0.39 is 0 Å². The second-order valence-electron chi connectivity index (χ2n) is 7.62. The molecular formula is C23H21N7O. The lowest BCUT2D eigenvalue weighted by Gasteiger charge is -2.16. The molecule has 5 rings (SSSR count). The van der Waals surface area contributed by atoms with Gasteiger partial charge in [0.15, 0.2) is 5.65 Å². The van der Waals surface area contributed by atoms with Crippen molar-refractivity contribution in [2.75, 3.05) is 5.73 Å². The highest BCUT2D eigenvalue weighted by atomic mass is 16.1. The van der Waals surface area contributed by atoms with Gasteiger partial charge in [0.05, 0.1) is 27.7 Å². The summed E-state index contributed by atoms with van der Waals surface area (Å²) in [4.78, 5) is 27.0. The molecule has 0 bridgehead atoms. The highest BCUT2D eigenvalue weighted by molar-refractivity contribution is 5.88. The molecule has 3 heterocycles. The van der Waals surface area contributed by atoms with Crippen LogP contribution in [0.15, 0.2) is 53.6 Å². The SMILES string of the molecule is Cc1ccccc1-n1c(Cn2nc(C)c3c(N)ncnc32)nc2cccc(C)c2c1=O. The van der Waals surface area contributed by atoms with Gasteiger partial charge in [-0.25, -0.2) is 19.6 Å². The molecule has 0 aliphatic heterocycles. The van der Waals surface area contributed by atoms with E-state index >= 15 is 0 Å². The zero-order valence-electron chi connectivity index (χ0n) is 17.5. The monoisotopic (exact) mass is 411 g/mol. The Bertz CT molecular complexity index is 1530. The summed E-state index contributed by atoms with van der Waals surface area (Å²) in [7, 11) is 0. The number of anilines is 1. The maximum atomic E-state index is 13.7. The number of fused-ring (bicyclic) bond motifs is 2. The Balaban J connectivity index is 1.82. The Kier molecular flexibility index (Phi) is 4.28. The van der Waals surface area contributed by atoms with E-state index in [1.54, 1.807) is 9.25 Å². The van der Waals surface area contributed by atoms with E-state index in [0.29, 0.717) is 33.6 Å². The fourth-order valence-corrected chi connectivity index (χ4v) is 4.07. The Morgan fingerprint density at radius 2 is 1.71 bits per heavy atom. The molecule has 0 saturated heterocycles. The zero-order chi connectivity index (χ0) is 21.7. The van der Waals surface area contributed by atoms with Crippen LogP contribution in [0, 0.1) is 20.8 Å². The minimum Gasteiger partial charge on any atom is -0.383 e. The molecule has 0 fully saturated rings. The summed E-state index contributed by atoms with van der Waals surface area (Å²) < 4.78 is 3.40. The van der Waals surface area contributed by atoms with E-state index in [1.165, 1.54) is 6.33 Å². The Labute approximate surface area is 178 Å². The molecule has 0 atom stereocenters. The van der Waals surface area contributed by atoms with E-state index in [0.717, 1.165) is 22.5 Å². The molecule has 2 aromatic carbocycles. The van der Waals surface area contributed by atoms with Crippen LogP contribution in [0.1, 0.15) is 22.6 Å². The van der Waals surface area contributed by atoms with Crippen LogP contribution in [0.3, 0.4) is 0 Å². The summed E-state index contributed by atoms with van der Waals surface area (Å²) in [5, 5.41) is 5.93. The summed E-state index contributed by atoms with van der Waals surface area (Å²) in [5.41, 5.74) is 10.6. The normalized spacial score (nSPS) is 11.5. The lowest BCUT2D eigenvalue weighted by molar-refractivity contribution is 0.643. The number of rotatable bonds is 3. The van der Waals surface area contributed by atoms with Crippen molar-refractivity contribution in [3.05, 3.63) is 81.8 Å². The zero-order valence-corrected chi connectivity index (χ0v) is 17.5. The molecule has 8 nitrogen and oxygen atoms in total. The molecule has 0 unspecified atom stereocenters. The minimum atomic E-state index is -0.102. The first-order chi connectivity index (χ1) is 15.0. The van der Waals surface area contributed by atoms with Crippen LogP contribution >= 0.6 is 0 Å². The van der Waals surface area contributed by atoms with Crippen molar-refractivity contribution in [1.82, 2.24) is 29.3 Å². The molecule has 8 heteroatoms. The number of nitrogens with zero attached hydrogens (tertiary/aromatic N) is 6. The number of para-hydroxylation sites is 1. The highest BCUT2D eigenvalue weighted by Gasteiger charge is 2.19. The van der Waals surface area contributed by atoms with E-state index in [-0.39, 0.29) is 12.1 Å². The van der Waals surface area contributed by atoms with Gasteiger partial charge >= 0.3 is 0 Å². The van der Waals surface area contributed by atoms with E-state index in [2.05, 4.69) is 15.1 Å². The Morgan fingerprint density at radius 3 is 2.52 bits per heavy atom. The van der Waals surface area contributed by atoms with Gasteiger partial charge in [0.2, 0.25) is 0 Å². The number of aryl methyl sites for hydroxylation is 3. The van der Waals surface area contributed by atoms with Crippen LogP contribution in [0.4, 0.5) is 5.82 Å². The standard InChI is InChI=1S/C23H21N7O/c1-13-7-4-5-10-17(13)30-18(27-16-9-6-8-14(2)19(16)23(30)31)11-29-22-20(15(3)28-29)21(24)25-12-26-22/h4-10,12H,11H2,1-3H3,(H2,24,25,26). The van der Waals surface area contributed by atoms with Gasteiger partial charge in [-0.2, -0.15) is 5.10 Å². The molecule has 154 valence electrons. The van der Waals surface area contributed by atoms with Gasteiger partial charge < -0.3 is 5.73 Å². The van der Waals surface area contributed by atoms with Crippen molar-refractivity contribution >= 4 is 27.8 Å². The smallest absolute Gasteiger partial charge is 0.266 e. The lowest BCUT2D eigenvalue weighted by Crippen LogP contribution is -2.26. The molecule has 0 saturated carbocycles. The molecule has 2 N–H and O–H groups in total. The van der Waals surface area contributed by atoms with Gasteiger partial charge in [-0.05, 0) is 44.0 Å². The van der Waals surface area contributed by atoms with Gasteiger partial charge in [0, 0.05) is 0 Å². The second kappa shape index (κ2) is 7.02. The summed E-state index contributed by atoms with van der Waals surface area (Å²) in [6.45, 7) is 6.03. The topological polar surface area (TPSA) is 105 Å². The van der Waals surface area contributed by atoms with Gasteiger partial charge in [0.25, 0.3) is 5.56 Å². The molecule has 0 aliphatic rings. The molecule has 5 aromatic rings. The molecule has 0 spiro atoms. The van der Waals surface area contributed by atoms with Crippen LogP contribution in [0.2, 0.25) is 0 Å². The number of benzene rings is 2. The van der Waals surface area contributed by atoms with E-state index in [1.807, 2.05) is 63.2 Å². The van der Waals surface area contributed by atoms with Crippen molar-refractivity contribution in [1.29, 1.82) is 0 Å². The largest absolute Gasteiger partial charge is 0.383 e. The second-order valence-corrected chi connectivity index (χ2v) is 7.62. The Morgan fingerprint density at radius 1 is 0.935 bits per heavy atom. The van der Waals surface area contributed by atoms with E-state index in [4.69, 9.17) is 10.7 Å². The first-order valence-electron chi connectivity index (χ1n) is 9.96. The maximum Gasteiger partial charge on any atom is 0.266 e. The van der Waals surface area contributed by atoms with E-state index in [9.17, 15) is 4.79 Å². The van der Waals surface area contributed by atoms with Gasteiger partial charge in [-0.1, -0.05) is 30.3 Å². The molecule has 0 aliphatic carbocycles. The van der Waals surface area contributed by atoms with Crippen molar-refractivity contribution < 1.29 is 0 Å². The highest BCUT2D eigenvalue weighted by Crippen LogP contribution is 2.23. The molecule has 0 amide bonds. The number of hydrogen-bond acceptors (Lipinski definition) is 6. The summed E-state index contributed by atoms with van der Waals surface area (Å²) in [6, 6.07) is 13.5. The van der Waals surface area contributed by atoms with Gasteiger partial charge in [0.1, 0.15) is 24.5 Å². The van der Waals surface area contributed by atoms with Crippen molar-refractivity contribution in [2.24, 2.45) is 0 Å². The average molecular weight is 411 g/mol. The molecule has 3 aromatic heterocycles. The summed E-state index contributed by atoms with van der Waals surface area (Å²) in [6.07, 6.45) is 1.42. The first kappa shape index (κ1) is 18.9. The number of nitrogen functional groups attached to an aromatic ring is 1. The van der Waals surface area contributed by atoms with Crippen LogP contribution < -0.4 is 11.3 Å². The predicted octanol–water partition coefficient (Wildman–Crippen LogP) is 3.08. The fourth-order valence-electron chi connectivity index (χ4n) is 4.07. The quantitative estimate of drug-likeness (QED) is 0.489. The maximum absolute atomic E-state index is 13.7. The van der Waals surface area contributed by atoms with Crippen molar-refractivity contribution in [3.8, 4) is 5.69 Å². The predicted molar refractivity (Wildman–Crippen MR) is 120 cm³/mol. The lowest BCUT2D eigenvalue weighted by atomic mass is 10.1. The van der Waals surface area contributed by atoms with Crippen molar-refractivity contribution in [2.45, 2.75) is 27.3 Å². The molecule has 31 heavy (non-hydrogen) atoms. The van der Waals surface area contributed by atoms with Crippen LogP contribution in [0.5, 0.6) is 0 Å². The van der Waals surface area contributed by atoms with Crippen LogP contribution in [-0.2, 0) is 6.54 Å². The fraction of sp³-hybridized carbons (Fsp3) is 0.174. The number of aromatic nitrogens is 6. The average Bonchev–Trinajstić information content (AvgIpc) is 3.05. The first-order valence-corrected chi connectivity index (χ1v) is 9.96. The number of hydrogen-bond donors (Lipinski definition) is 1. The minimum absolute atomic E-state index is 0.102. The van der Waals surface area contributed by atoms with Gasteiger partial charge in [-0.3, -0.25) is 9.36 Å². The van der Waals surface area contributed by atoms with Crippen LogP contribution in [0.25, 0.3) is 27.6 Å². The number of nitrogens with two attached hydrogens (primary N) is 1. The Hall–Kier alpha value is -4.07. The summed E-state index contributed by atoms with van der Waals surface area (Å²) >= 11 is 0. The molecular weight excluding hydrogens is 390 g/mol. The summed E-state index contributed by atoms with van der Waals surface area (Å²) in [5.74, 6) is 0.950. The molecule has 0 radical (unpaired) electrons.